The number of aliphatic hydroxyl groups is 1. The highest BCUT2D eigenvalue weighted by Gasteiger charge is 2.13. The van der Waals surface area contributed by atoms with Crippen LogP contribution in [0.2, 0.25) is 0 Å². The number of benzene rings is 3. The smallest absolute Gasteiger partial charge is 0.261 e. The molecule has 0 bridgehead atoms. The molecule has 11 heteroatoms. The molecule has 1 aromatic heterocycles. The van der Waals surface area contributed by atoms with Crippen molar-refractivity contribution < 1.29 is 24.1 Å². The first-order valence-corrected chi connectivity index (χ1v) is 12.7. The second-order valence-corrected chi connectivity index (χ2v) is 9.37. The zero-order chi connectivity index (χ0) is 27.9. The van der Waals surface area contributed by atoms with Gasteiger partial charge < -0.3 is 29.0 Å². The van der Waals surface area contributed by atoms with E-state index in [1.807, 2.05) is 49.5 Å². The van der Waals surface area contributed by atoms with Crippen molar-refractivity contribution >= 4 is 35.7 Å². The van der Waals surface area contributed by atoms with Crippen LogP contribution >= 0.6 is 24.8 Å². The zero-order valence-electron chi connectivity index (χ0n) is 23.8. The van der Waals surface area contributed by atoms with E-state index in [1.54, 1.807) is 46.6 Å². The Morgan fingerprint density at radius 3 is 2.24 bits per heavy atom. The molecule has 0 saturated carbocycles. The third-order valence-electron chi connectivity index (χ3n) is 6.59. The first-order valence-electron chi connectivity index (χ1n) is 12.7. The first kappa shape index (κ1) is 33.7. The molecule has 0 amide bonds. The highest BCUT2D eigenvalue weighted by Crippen LogP contribution is 2.28. The van der Waals surface area contributed by atoms with Crippen LogP contribution in [0.5, 0.6) is 23.0 Å². The van der Waals surface area contributed by atoms with Crippen molar-refractivity contribution in [3.05, 3.63) is 76.6 Å². The summed E-state index contributed by atoms with van der Waals surface area (Å²) in [7, 11) is 8.47. The van der Waals surface area contributed by atoms with Crippen molar-refractivity contribution in [1.29, 1.82) is 0 Å². The highest BCUT2D eigenvalue weighted by atomic mass is 35.5. The van der Waals surface area contributed by atoms with Crippen LogP contribution < -0.4 is 24.5 Å². The van der Waals surface area contributed by atoms with E-state index < -0.39 is 6.10 Å². The molecule has 3 aromatic carbocycles. The van der Waals surface area contributed by atoms with E-state index in [2.05, 4.69) is 9.88 Å². The number of fused-ring (bicyclic) bond motifs is 1. The van der Waals surface area contributed by atoms with Crippen molar-refractivity contribution in [3.63, 3.8) is 0 Å². The summed E-state index contributed by atoms with van der Waals surface area (Å²) in [5.74, 6) is 3.20. The Kier molecular flexibility index (Phi) is 12.7. The maximum absolute atomic E-state index is 12.9. The van der Waals surface area contributed by atoms with E-state index in [9.17, 15) is 9.90 Å². The van der Waals surface area contributed by atoms with E-state index in [-0.39, 0.29) is 37.0 Å². The van der Waals surface area contributed by atoms with Crippen LogP contribution in [0.25, 0.3) is 22.3 Å². The van der Waals surface area contributed by atoms with E-state index in [4.69, 9.17) is 18.9 Å². The molecule has 0 aliphatic carbocycles. The van der Waals surface area contributed by atoms with Gasteiger partial charge in [0, 0.05) is 25.7 Å². The lowest BCUT2D eigenvalue weighted by Crippen LogP contribution is -2.34. The molecule has 0 aliphatic heterocycles. The summed E-state index contributed by atoms with van der Waals surface area (Å²) in [5.41, 5.74) is 2.37. The number of halogens is 2. The molecule has 4 rings (SSSR count). The summed E-state index contributed by atoms with van der Waals surface area (Å²) >= 11 is 0. The summed E-state index contributed by atoms with van der Waals surface area (Å²) in [5, 5.41) is 11.0. The van der Waals surface area contributed by atoms with Crippen LogP contribution in [0.1, 0.15) is 5.56 Å². The third-order valence-corrected chi connectivity index (χ3v) is 6.59. The van der Waals surface area contributed by atoms with Crippen LogP contribution in [-0.4, -0.2) is 73.7 Å². The molecule has 0 saturated heterocycles. The Bertz CT molecular complexity index is 1480. The van der Waals surface area contributed by atoms with Gasteiger partial charge in [-0.15, -0.1) is 24.8 Å². The SMILES string of the molecule is COc1ccc2nc(-c3ccc(OCC(O)CN(C)CCc4ccc(OC)c(OC)c4)cc3)n(C)c(=O)c2c1.Cl.Cl. The van der Waals surface area contributed by atoms with Crippen molar-refractivity contribution in [1.82, 2.24) is 14.5 Å². The Morgan fingerprint density at radius 1 is 0.902 bits per heavy atom. The van der Waals surface area contributed by atoms with Crippen molar-refractivity contribution in [2.45, 2.75) is 12.5 Å². The molecule has 4 aromatic rings. The van der Waals surface area contributed by atoms with Gasteiger partial charge in [0.2, 0.25) is 0 Å². The van der Waals surface area contributed by atoms with Crippen LogP contribution in [-0.2, 0) is 13.5 Å². The second-order valence-electron chi connectivity index (χ2n) is 9.37. The van der Waals surface area contributed by atoms with Gasteiger partial charge in [0.05, 0.1) is 32.2 Å². The number of aliphatic hydroxyl groups excluding tert-OH is 1. The largest absolute Gasteiger partial charge is 0.497 e. The molecule has 0 radical (unpaired) electrons. The Balaban J connectivity index is 0.00000294. The van der Waals surface area contributed by atoms with Crippen molar-refractivity contribution in [2.75, 3.05) is 48.1 Å². The van der Waals surface area contributed by atoms with Gasteiger partial charge in [-0.05, 0) is 73.6 Å². The molecule has 1 heterocycles. The van der Waals surface area contributed by atoms with Crippen molar-refractivity contribution in [2.24, 2.45) is 7.05 Å². The molecule has 0 spiro atoms. The predicted octanol–water partition coefficient (Wildman–Crippen LogP) is 4.38. The van der Waals surface area contributed by atoms with E-state index >= 15 is 0 Å². The zero-order valence-corrected chi connectivity index (χ0v) is 25.5. The number of aromatic nitrogens is 2. The first-order chi connectivity index (χ1) is 18.8. The number of methoxy groups -OCH3 is 3. The van der Waals surface area contributed by atoms with Gasteiger partial charge >= 0.3 is 0 Å². The number of hydrogen-bond acceptors (Lipinski definition) is 8. The maximum Gasteiger partial charge on any atom is 0.261 e. The Hall–Kier alpha value is -3.50. The average molecular weight is 607 g/mol. The minimum atomic E-state index is -0.653. The molecule has 0 aliphatic rings. The minimum absolute atomic E-state index is 0. The lowest BCUT2D eigenvalue weighted by molar-refractivity contribution is 0.0767. The third kappa shape index (κ3) is 8.27. The van der Waals surface area contributed by atoms with Gasteiger partial charge in [-0.25, -0.2) is 4.98 Å². The van der Waals surface area contributed by atoms with E-state index in [0.29, 0.717) is 46.3 Å². The standard InChI is InChI=1S/C30H35N3O6.2ClH/c1-32(15-14-20-6-13-27(37-4)28(16-20)38-5)18-22(34)19-39-23-9-7-21(8-10-23)29-31-26-12-11-24(36-3)17-25(26)30(35)33(29)2;;/h6-13,16-17,22,34H,14-15,18-19H2,1-5H3;2*1H. The number of hydrogen-bond donors (Lipinski definition) is 1. The summed E-state index contributed by atoms with van der Waals surface area (Å²) in [6.45, 7) is 1.40. The van der Waals surface area contributed by atoms with Crippen LogP contribution in [0.4, 0.5) is 0 Å². The lowest BCUT2D eigenvalue weighted by Gasteiger charge is -2.21. The fourth-order valence-electron chi connectivity index (χ4n) is 4.39. The van der Waals surface area contributed by atoms with Crippen LogP contribution in [0.3, 0.4) is 0 Å². The average Bonchev–Trinajstić information content (AvgIpc) is 2.96. The number of ether oxygens (including phenoxy) is 4. The van der Waals surface area contributed by atoms with Gasteiger partial charge in [0.1, 0.15) is 30.0 Å². The maximum atomic E-state index is 12.9. The molecule has 222 valence electrons. The molecule has 1 atom stereocenters. The minimum Gasteiger partial charge on any atom is -0.497 e. The van der Waals surface area contributed by atoms with E-state index in [1.165, 1.54) is 4.57 Å². The lowest BCUT2D eigenvalue weighted by atomic mass is 10.1. The van der Waals surface area contributed by atoms with Crippen LogP contribution in [0.15, 0.2) is 65.5 Å². The quantitative estimate of drug-likeness (QED) is 0.254. The molecule has 1 unspecified atom stereocenters. The molecular formula is C30H37Cl2N3O6. The van der Waals surface area contributed by atoms with Gasteiger partial charge in [0.25, 0.3) is 5.56 Å². The fourth-order valence-corrected chi connectivity index (χ4v) is 4.39. The predicted molar refractivity (Wildman–Crippen MR) is 166 cm³/mol. The highest BCUT2D eigenvalue weighted by molar-refractivity contribution is 5.85. The van der Waals surface area contributed by atoms with Gasteiger partial charge in [-0.3, -0.25) is 9.36 Å². The summed E-state index contributed by atoms with van der Waals surface area (Å²) in [4.78, 5) is 19.7. The summed E-state index contributed by atoms with van der Waals surface area (Å²) < 4.78 is 23.2. The molecular weight excluding hydrogens is 569 g/mol. The number of nitrogens with zero attached hydrogens (tertiary/aromatic N) is 3. The summed E-state index contributed by atoms with van der Waals surface area (Å²) in [6.07, 6.45) is 0.158. The van der Waals surface area contributed by atoms with Crippen molar-refractivity contribution in [3.8, 4) is 34.4 Å². The van der Waals surface area contributed by atoms with Gasteiger partial charge in [-0.2, -0.15) is 0 Å². The number of likely N-dealkylation sites (N-methyl/N-ethyl adjacent to an activating group) is 1. The molecule has 0 fully saturated rings. The number of rotatable bonds is 12. The molecule has 1 N–H and O–H groups in total. The Labute approximate surface area is 252 Å². The topological polar surface area (TPSA) is 95.3 Å². The van der Waals surface area contributed by atoms with Crippen LogP contribution in [0, 0.1) is 0 Å². The van der Waals surface area contributed by atoms with Gasteiger partial charge in [-0.1, -0.05) is 6.07 Å². The molecule has 9 nitrogen and oxygen atoms in total. The second kappa shape index (κ2) is 15.5. The Morgan fingerprint density at radius 2 is 1.59 bits per heavy atom. The fraction of sp³-hybridized carbons (Fsp3) is 0.333. The monoisotopic (exact) mass is 605 g/mol. The van der Waals surface area contributed by atoms with Gasteiger partial charge in [0.15, 0.2) is 11.5 Å². The normalized spacial score (nSPS) is 11.4. The summed E-state index contributed by atoms with van der Waals surface area (Å²) in [6, 6.07) is 18.5. The van der Waals surface area contributed by atoms with E-state index in [0.717, 1.165) is 24.1 Å². The molecule has 41 heavy (non-hydrogen) atoms.